The Morgan fingerprint density at radius 2 is 2.29 bits per heavy atom. The van der Waals surface area contributed by atoms with Crippen molar-refractivity contribution in [3.63, 3.8) is 0 Å². The molecule has 0 N–H and O–H groups in total. The van der Waals surface area contributed by atoms with E-state index in [1.807, 2.05) is 23.1 Å². The summed E-state index contributed by atoms with van der Waals surface area (Å²) in [6.45, 7) is 2.09. The van der Waals surface area contributed by atoms with Crippen LogP contribution in [0.1, 0.15) is 25.0 Å². The number of pyridine rings is 1. The van der Waals surface area contributed by atoms with Crippen molar-refractivity contribution in [2.24, 2.45) is 5.92 Å². The predicted molar refractivity (Wildman–Crippen MR) is 100 cm³/mol. The van der Waals surface area contributed by atoms with Crippen LogP contribution < -0.4 is 0 Å². The maximum absolute atomic E-state index is 12.5. The Morgan fingerprint density at radius 1 is 1.36 bits per heavy atom. The van der Waals surface area contributed by atoms with E-state index in [0.717, 1.165) is 19.4 Å². The number of carbonyl (C=O) groups is 1. The average molecular weight is 402 g/mol. The topological polar surface area (TPSA) is 103 Å². The second-order valence-corrected chi connectivity index (χ2v) is 7.23. The fraction of sp³-hybridized carbons (Fsp3) is 0.444. The molecule has 0 unspecified atom stereocenters. The van der Waals surface area contributed by atoms with Gasteiger partial charge in [-0.2, -0.15) is 4.80 Å². The number of nitrogens with zero attached hydrogens (tertiary/aromatic N) is 7. The van der Waals surface area contributed by atoms with E-state index in [1.165, 1.54) is 0 Å². The minimum absolute atomic E-state index is 0.109. The van der Waals surface area contributed by atoms with Crippen LogP contribution >= 0.6 is 11.6 Å². The molecule has 4 heterocycles. The van der Waals surface area contributed by atoms with Gasteiger partial charge in [0.05, 0.1) is 6.54 Å². The molecular formula is C18H20ClN7O2. The van der Waals surface area contributed by atoms with Crippen LogP contribution in [0.2, 0.25) is 5.15 Å². The molecule has 28 heavy (non-hydrogen) atoms. The van der Waals surface area contributed by atoms with Gasteiger partial charge in [0, 0.05) is 38.2 Å². The Bertz CT molecular complexity index is 927. The second-order valence-electron chi connectivity index (χ2n) is 6.85. The molecule has 9 nitrogen and oxygen atoms in total. The lowest BCUT2D eigenvalue weighted by atomic mass is 9.98. The Kier molecular flexibility index (Phi) is 5.61. The maximum atomic E-state index is 12.5. The molecule has 10 heteroatoms. The Labute approximate surface area is 166 Å². The first kappa shape index (κ1) is 18.5. The first-order valence-electron chi connectivity index (χ1n) is 9.25. The molecule has 0 spiro atoms. The Hall–Kier alpha value is -2.81. The molecule has 0 bridgehead atoms. The van der Waals surface area contributed by atoms with Crippen molar-refractivity contribution in [1.82, 2.24) is 35.2 Å². The molecule has 3 aromatic rings. The standard InChI is InChI=1S/C18H20ClN7O2/c19-16-10-14(28-23-16)6-7-17(27)25-9-3-4-13(11-25)12-26-22-18(21-24-26)15-5-1-2-8-20-15/h1-2,5,8,10,13H,3-4,6-7,9,11-12H2/t13-/m0/s1. The van der Waals surface area contributed by atoms with Crippen LogP contribution in [0, 0.1) is 5.92 Å². The summed E-state index contributed by atoms with van der Waals surface area (Å²) in [5.41, 5.74) is 0.696. The third-order valence-electron chi connectivity index (χ3n) is 4.76. The van der Waals surface area contributed by atoms with Crippen molar-refractivity contribution in [3.05, 3.63) is 41.4 Å². The fourth-order valence-corrected chi connectivity index (χ4v) is 3.54. The third kappa shape index (κ3) is 4.53. The van der Waals surface area contributed by atoms with Gasteiger partial charge < -0.3 is 9.42 Å². The minimum Gasteiger partial charge on any atom is -0.360 e. The molecule has 4 rings (SSSR count). The largest absolute Gasteiger partial charge is 0.360 e. The highest BCUT2D eigenvalue weighted by atomic mass is 35.5. The van der Waals surface area contributed by atoms with Crippen molar-refractivity contribution in [2.45, 2.75) is 32.2 Å². The van der Waals surface area contributed by atoms with Crippen molar-refractivity contribution in [2.75, 3.05) is 13.1 Å². The van der Waals surface area contributed by atoms with Crippen LogP contribution in [-0.4, -0.2) is 54.2 Å². The van der Waals surface area contributed by atoms with Crippen LogP contribution in [0.25, 0.3) is 11.5 Å². The number of piperidine rings is 1. The highest BCUT2D eigenvalue weighted by Crippen LogP contribution is 2.20. The monoisotopic (exact) mass is 401 g/mol. The zero-order valence-electron chi connectivity index (χ0n) is 15.2. The minimum atomic E-state index is 0.109. The number of hydrogen-bond acceptors (Lipinski definition) is 7. The fourth-order valence-electron chi connectivity index (χ4n) is 3.38. The number of hydrogen-bond donors (Lipinski definition) is 0. The summed E-state index contributed by atoms with van der Waals surface area (Å²) in [4.78, 5) is 20.3. The number of halogens is 1. The molecule has 0 radical (unpaired) electrons. The Balaban J connectivity index is 1.31. The molecule has 1 amide bonds. The van der Waals surface area contributed by atoms with Gasteiger partial charge in [0.2, 0.25) is 11.7 Å². The molecule has 1 fully saturated rings. The van der Waals surface area contributed by atoms with Gasteiger partial charge in [-0.15, -0.1) is 10.2 Å². The lowest BCUT2D eigenvalue weighted by Gasteiger charge is -2.32. The van der Waals surface area contributed by atoms with Crippen LogP contribution in [0.3, 0.4) is 0 Å². The van der Waals surface area contributed by atoms with Crippen LogP contribution in [0.15, 0.2) is 35.0 Å². The molecule has 3 aromatic heterocycles. The first-order chi connectivity index (χ1) is 13.7. The average Bonchev–Trinajstić information content (AvgIpc) is 3.36. The summed E-state index contributed by atoms with van der Waals surface area (Å²) in [5, 5.41) is 16.6. The van der Waals surface area contributed by atoms with E-state index in [2.05, 4.69) is 25.6 Å². The molecule has 1 aliphatic rings. The lowest BCUT2D eigenvalue weighted by molar-refractivity contribution is -0.133. The van der Waals surface area contributed by atoms with Gasteiger partial charge in [0.1, 0.15) is 11.5 Å². The van der Waals surface area contributed by atoms with E-state index >= 15 is 0 Å². The molecule has 1 aliphatic heterocycles. The van der Waals surface area contributed by atoms with E-state index in [1.54, 1.807) is 17.1 Å². The number of carbonyl (C=O) groups excluding carboxylic acids is 1. The Morgan fingerprint density at radius 3 is 3.07 bits per heavy atom. The lowest BCUT2D eigenvalue weighted by Crippen LogP contribution is -2.41. The quantitative estimate of drug-likeness (QED) is 0.624. The van der Waals surface area contributed by atoms with Crippen LogP contribution in [0.5, 0.6) is 0 Å². The second kappa shape index (κ2) is 8.47. The predicted octanol–water partition coefficient (Wildman–Crippen LogP) is 2.25. The van der Waals surface area contributed by atoms with Crippen LogP contribution in [-0.2, 0) is 17.8 Å². The third-order valence-corrected chi connectivity index (χ3v) is 4.93. The van der Waals surface area contributed by atoms with Gasteiger partial charge in [-0.05, 0) is 36.1 Å². The summed E-state index contributed by atoms with van der Waals surface area (Å²) < 4.78 is 5.06. The smallest absolute Gasteiger partial charge is 0.223 e. The highest BCUT2D eigenvalue weighted by Gasteiger charge is 2.25. The van der Waals surface area contributed by atoms with E-state index in [4.69, 9.17) is 16.1 Å². The molecule has 1 atom stereocenters. The SMILES string of the molecule is O=C(CCc1cc(Cl)no1)N1CCC[C@H](Cn2nnc(-c3ccccn3)n2)C1. The van der Waals surface area contributed by atoms with Crippen molar-refractivity contribution < 1.29 is 9.32 Å². The van der Waals surface area contributed by atoms with E-state index < -0.39 is 0 Å². The van der Waals surface area contributed by atoms with Crippen molar-refractivity contribution in [1.29, 1.82) is 0 Å². The molecule has 1 saturated heterocycles. The first-order valence-corrected chi connectivity index (χ1v) is 9.63. The molecule has 146 valence electrons. The molecule has 0 aromatic carbocycles. The van der Waals surface area contributed by atoms with Gasteiger partial charge in [-0.1, -0.05) is 22.8 Å². The zero-order chi connectivity index (χ0) is 19.3. The summed E-state index contributed by atoms with van der Waals surface area (Å²) in [6.07, 6.45) is 4.57. The zero-order valence-corrected chi connectivity index (χ0v) is 16.0. The van der Waals surface area contributed by atoms with E-state index in [9.17, 15) is 4.79 Å². The summed E-state index contributed by atoms with van der Waals surface area (Å²) in [7, 11) is 0. The van der Waals surface area contributed by atoms with Crippen molar-refractivity contribution in [3.8, 4) is 11.5 Å². The summed E-state index contributed by atoms with van der Waals surface area (Å²) in [5.74, 6) is 1.54. The number of tetrazole rings is 1. The van der Waals surface area contributed by atoms with E-state index in [-0.39, 0.29) is 5.91 Å². The van der Waals surface area contributed by atoms with Crippen molar-refractivity contribution >= 4 is 17.5 Å². The summed E-state index contributed by atoms with van der Waals surface area (Å²) >= 11 is 5.74. The number of likely N-dealkylation sites (tertiary alicyclic amines) is 1. The normalized spacial score (nSPS) is 17.0. The maximum Gasteiger partial charge on any atom is 0.223 e. The number of amides is 1. The number of aryl methyl sites for hydroxylation is 1. The van der Waals surface area contributed by atoms with Gasteiger partial charge in [0.15, 0.2) is 5.15 Å². The number of aromatic nitrogens is 6. The summed E-state index contributed by atoms with van der Waals surface area (Å²) in [6, 6.07) is 7.23. The van der Waals surface area contributed by atoms with Gasteiger partial charge in [-0.25, -0.2) is 0 Å². The molecular weight excluding hydrogens is 382 g/mol. The molecule has 0 aliphatic carbocycles. The highest BCUT2D eigenvalue weighted by molar-refractivity contribution is 6.29. The van der Waals surface area contributed by atoms with E-state index in [0.29, 0.717) is 54.3 Å². The van der Waals surface area contributed by atoms with Gasteiger partial charge in [0.25, 0.3) is 0 Å². The van der Waals surface area contributed by atoms with Gasteiger partial charge in [-0.3, -0.25) is 9.78 Å². The molecule has 0 saturated carbocycles. The van der Waals surface area contributed by atoms with Crippen LogP contribution in [0.4, 0.5) is 0 Å². The van der Waals surface area contributed by atoms with Gasteiger partial charge >= 0.3 is 0 Å². The number of rotatable bonds is 6.